The van der Waals surface area contributed by atoms with Crippen molar-refractivity contribution < 1.29 is 9.90 Å². The number of aliphatic hydroxyl groups is 1. The molecule has 0 unspecified atom stereocenters. The molecule has 0 radical (unpaired) electrons. The van der Waals surface area contributed by atoms with Gasteiger partial charge >= 0.3 is 6.03 Å². The van der Waals surface area contributed by atoms with Crippen molar-refractivity contribution in [2.24, 2.45) is 0 Å². The van der Waals surface area contributed by atoms with Gasteiger partial charge in [0.1, 0.15) is 0 Å². The molecule has 94 valence electrons. The van der Waals surface area contributed by atoms with E-state index < -0.39 is 0 Å². The fourth-order valence-corrected chi connectivity index (χ4v) is 3.13. The van der Waals surface area contributed by atoms with E-state index in [1.165, 1.54) is 15.3 Å². The Morgan fingerprint density at radius 1 is 1.71 bits per heavy atom. The smallest absolute Gasteiger partial charge is 0.317 e. The van der Waals surface area contributed by atoms with Gasteiger partial charge in [-0.25, -0.2) is 4.79 Å². The summed E-state index contributed by atoms with van der Waals surface area (Å²) in [6, 6.07) is 2.14. The predicted molar refractivity (Wildman–Crippen MR) is 68.2 cm³/mol. The lowest BCUT2D eigenvalue weighted by molar-refractivity contribution is 0.186. The first-order valence-corrected chi connectivity index (χ1v) is 6.79. The van der Waals surface area contributed by atoms with Crippen LogP contribution in [0.1, 0.15) is 29.3 Å². The molecule has 1 aliphatic carbocycles. The molecule has 2 N–H and O–H groups in total. The van der Waals surface area contributed by atoms with Gasteiger partial charge in [-0.1, -0.05) is 0 Å². The van der Waals surface area contributed by atoms with Crippen LogP contribution in [0.4, 0.5) is 4.79 Å². The van der Waals surface area contributed by atoms with Gasteiger partial charge in [0.05, 0.1) is 12.6 Å². The number of hydrogen-bond donors (Lipinski definition) is 2. The minimum atomic E-state index is -0.108. The first kappa shape index (κ1) is 12.4. The van der Waals surface area contributed by atoms with Gasteiger partial charge in [-0.2, -0.15) is 0 Å². The quantitative estimate of drug-likeness (QED) is 0.863. The maximum absolute atomic E-state index is 11.8. The average Bonchev–Trinajstić information content (AvgIpc) is 2.78. The van der Waals surface area contributed by atoms with Crippen LogP contribution in [-0.4, -0.2) is 36.2 Å². The second kappa shape index (κ2) is 5.51. The number of likely N-dealkylation sites (N-methyl/N-ethyl adjacent to an activating group) is 1. The van der Waals surface area contributed by atoms with Crippen LogP contribution in [0.2, 0.25) is 0 Å². The number of urea groups is 1. The van der Waals surface area contributed by atoms with E-state index in [0.717, 1.165) is 19.3 Å². The minimum Gasteiger partial charge on any atom is -0.395 e. The number of aryl methyl sites for hydroxylation is 1. The van der Waals surface area contributed by atoms with Crippen LogP contribution in [0.25, 0.3) is 0 Å². The fraction of sp³-hybridized carbons (Fsp3) is 0.583. The summed E-state index contributed by atoms with van der Waals surface area (Å²) in [4.78, 5) is 14.7. The van der Waals surface area contributed by atoms with Crippen molar-refractivity contribution >= 4 is 17.4 Å². The van der Waals surface area contributed by atoms with Gasteiger partial charge in [-0.3, -0.25) is 0 Å². The molecule has 0 bridgehead atoms. The number of aliphatic hydroxyl groups excluding tert-OH is 1. The highest BCUT2D eigenvalue weighted by Crippen LogP contribution is 2.33. The molecule has 0 aliphatic heterocycles. The van der Waals surface area contributed by atoms with Crippen molar-refractivity contribution in [2.75, 3.05) is 20.2 Å². The number of nitrogens with one attached hydrogen (secondary N) is 1. The first-order chi connectivity index (χ1) is 8.22. The molecule has 2 amide bonds. The highest BCUT2D eigenvalue weighted by atomic mass is 32.1. The Kier molecular flexibility index (Phi) is 4.02. The molecule has 0 fully saturated rings. The predicted octanol–water partition coefficient (Wildman–Crippen LogP) is 1.76. The van der Waals surface area contributed by atoms with Crippen LogP contribution in [-0.2, 0) is 6.42 Å². The van der Waals surface area contributed by atoms with E-state index in [9.17, 15) is 4.79 Å². The molecule has 2 rings (SSSR count). The van der Waals surface area contributed by atoms with Crippen molar-refractivity contribution in [3.05, 3.63) is 21.9 Å². The molecule has 1 aliphatic rings. The number of thiophene rings is 1. The molecule has 0 aromatic carbocycles. The van der Waals surface area contributed by atoms with Gasteiger partial charge in [0.2, 0.25) is 0 Å². The zero-order valence-corrected chi connectivity index (χ0v) is 10.8. The Hall–Kier alpha value is -1.07. The van der Waals surface area contributed by atoms with Gasteiger partial charge < -0.3 is 15.3 Å². The minimum absolute atomic E-state index is 0.00170. The van der Waals surface area contributed by atoms with Crippen LogP contribution in [0, 0.1) is 0 Å². The zero-order chi connectivity index (χ0) is 12.3. The van der Waals surface area contributed by atoms with E-state index in [2.05, 4.69) is 16.8 Å². The molecule has 0 saturated carbocycles. The summed E-state index contributed by atoms with van der Waals surface area (Å²) in [7, 11) is 1.70. The van der Waals surface area contributed by atoms with Crippen LogP contribution in [0.5, 0.6) is 0 Å². The Labute approximate surface area is 105 Å². The molecule has 5 heteroatoms. The van der Waals surface area contributed by atoms with E-state index in [1.54, 1.807) is 18.4 Å². The lowest BCUT2D eigenvalue weighted by atomic mass is 9.94. The number of fused-ring (bicyclic) bond motifs is 1. The maximum atomic E-state index is 11.8. The Bertz CT molecular complexity index is 392. The number of carbonyl (C=O) groups excluding carboxylic acids is 1. The summed E-state index contributed by atoms with van der Waals surface area (Å²) in [6.45, 7) is 0.368. The van der Waals surface area contributed by atoms with Crippen LogP contribution in [0.3, 0.4) is 0 Å². The number of hydrogen-bond acceptors (Lipinski definition) is 3. The molecular weight excluding hydrogens is 236 g/mol. The summed E-state index contributed by atoms with van der Waals surface area (Å²) in [5.74, 6) is 0. The third-order valence-electron chi connectivity index (χ3n) is 3.13. The molecule has 1 aromatic rings. The van der Waals surface area contributed by atoms with E-state index >= 15 is 0 Å². The third-order valence-corrected chi connectivity index (χ3v) is 4.13. The maximum Gasteiger partial charge on any atom is 0.317 e. The van der Waals surface area contributed by atoms with Gasteiger partial charge in [-0.15, -0.1) is 11.3 Å². The van der Waals surface area contributed by atoms with Crippen molar-refractivity contribution in [3.63, 3.8) is 0 Å². The third kappa shape index (κ3) is 2.79. The molecular formula is C12H18N2O2S. The van der Waals surface area contributed by atoms with Crippen molar-refractivity contribution in [3.8, 4) is 0 Å². The van der Waals surface area contributed by atoms with Gasteiger partial charge in [0.25, 0.3) is 0 Å². The Morgan fingerprint density at radius 2 is 2.53 bits per heavy atom. The first-order valence-electron chi connectivity index (χ1n) is 5.91. The highest BCUT2D eigenvalue weighted by molar-refractivity contribution is 7.10. The Balaban J connectivity index is 1.99. The van der Waals surface area contributed by atoms with Gasteiger partial charge in [0, 0.05) is 18.5 Å². The monoisotopic (exact) mass is 254 g/mol. The topological polar surface area (TPSA) is 52.6 Å². The molecule has 4 nitrogen and oxygen atoms in total. The summed E-state index contributed by atoms with van der Waals surface area (Å²) in [5, 5.41) is 13.9. The average molecular weight is 254 g/mol. The van der Waals surface area contributed by atoms with Gasteiger partial charge in [-0.05, 0) is 36.3 Å². The molecule has 1 aromatic heterocycles. The lowest BCUT2D eigenvalue weighted by Crippen LogP contribution is -2.41. The van der Waals surface area contributed by atoms with Crippen molar-refractivity contribution in [1.29, 1.82) is 0 Å². The summed E-state index contributed by atoms with van der Waals surface area (Å²) < 4.78 is 0. The molecule has 1 heterocycles. The normalized spacial score (nSPS) is 18.6. The second-order valence-corrected chi connectivity index (χ2v) is 5.34. The standard InChI is InChI=1S/C12H18N2O2S/c1-14(6-7-15)12(16)13-10-3-2-4-11-9(10)5-8-17-11/h5,8,10,15H,2-4,6-7H2,1H3,(H,13,16)/t10-/m0/s1. The molecule has 0 spiro atoms. The summed E-state index contributed by atoms with van der Waals surface area (Å²) in [5.41, 5.74) is 1.27. The fourth-order valence-electron chi connectivity index (χ4n) is 2.15. The number of rotatable bonds is 3. The largest absolute Gasteiger partial charge is 0.395 e. The van der Waals surface area contributed by atoms with Crippen molar-refractivity contribution in [1.82, 2.24) is 10.2 Å². The number of nitrogens with zero attached hydrogens (tertiary/aromatic N) is 1. The summed E-state index contributed by atoms with van der Waals surface area (Å²) >= 11 is 1.77. The molecule has 1 atom stereocenters. The molecule has 17 heavy (non-hydrogen) atoms. The van der Waals surface area contributed by atoms with Crippen LogP contribution >= 0.6 is 11.3 Å². The lowest BCUT2D eigenvalue weighted by Gasteiger charge is -2.26. The van der Waals surface area contributed by atoms with Crippen LogP contribution < -0.4 is 5.32 Å². The van der Waals surface area contributed by atoms with Gasteiger partial charge in [0.15, 0.2) is 0 Å². The van der Waals surface area contributed by atoms with E-state index in [4.69, 9.17) is 5.11 Å². The van der Waals surface area contributed by atoms with E-state index in [0.29, 0.717) is 6.54 Å². The van der Waals surface area contributed by atoms with Crippen molar-refractivity contribution in [2.45, 2.75) is 25.3 Å². The summed E-state index contributed by atoms with van der Waals surface area (Å²) in [6.07, 6.45) is 3.26. The van der Waals surface area contributed by atoms with Crippen LogP contribution in [0.15, 0.2) is 11.4 Å². The molecule has 0 saturated heterocycles. The Morgan fingerprint density at radius 3 is 3.29 bits per heavy atom. The zero-order valence-electron chi connectivity index (χ0n) is 9.98. The second-order valence-electron chi connectivity index (χ2n) is 4.34. The number of amides is 2. The van der Waals surface area contributed by atoms with E-state index in [1.807, 2.05) is 0 Å². The SMILES string of the molecule is CN(CCO)C(=O)N[C@H]1CCCc2sccc21. The number of carbonyl (C=O) groups is 1. The van der Waals surface area contributed by atoms with E-state index in [-0.39, 0.29) is 18.7 Å². The highest BCUT2D eigenvalue weighted by Gasteiger charge is 2.23.